The molecule has 0 radical (unpaired) electrons. The molecular weight excluding hydrogens is 380 g/mol. The molecule has 2 aromatic heterocycles. The second-order valence-electron chi connectivity index (χ2n) is 9.20. The van der Waals surface area contributed by atoms with E-state index in [0.29, 0.717) is 12.5 Å². The van der Waals surface area contributed by atoms with Crippen LogP contribution in [0, 0.1) is 5.41 Å². The van der Waals surface area contributed by atoms with Gasteiger partial charge in [-0.3, -0.25) is 9.13 Å². The maximum atomic E-state index is 12.8. The highest BCUT2D eigenvalue weighted by Gasteiger charge is 2.25. The maximum Gasteiger partial charge on any atom is 0.330 e. The molecule has 0 saturated carbocycles. The van der Waals surface area contributed by atoms with E-state index in [1.165, 1.54) is 4.90 Å². The Morgan fingerprint density at radius 1 is 1.14 bits per heavy atom. The van der Waals surface area contributed by atoms with Gasteiger partial charge in [0.05, 0.1) is 5.52 Å². The lowest BCUT2D eigenvalue weighted by molar-refractivity contribution is 0.339. The number of piperidine rings is 1. The van der Waals surface area contributed by atoms with E-state index in [2.05, 4.69) is 67.5 Å². The van der Waals surface area contributed by atoms with E-state index in [-0.39, 0.29) is 11.1 Å². The molecule has 0 N–H and O–H groups in total. The lowest BCUT2D eigenvalue weighted by atomic mass is 9.95. The second-order valence-corrected chi connectivity index (χ2v) is 10.4. The Kier molecular flexibility index (Phi) is 5.58. The zero-order valence-electron chi connectivity index (χ0n) is 17.8. The van der Waals surface area contributed by atoms with Gasteiger partial charge in [0.25, 0.3) is 0 Å². The van der Waals surface area contributed by atoms with Crippen LogP contribution in [0.15, 0.2) is 52.2 Å². The summed E-state index contributed by atoms with van der Waals surface area (Å²) in [5, 5.41) is 0. The molecule has 6 heteroatoms. The molecule has 1 aliphatic rings. The van der Waals surface area contributed by atoms with Gasteiger partial charge in [-0.15, -0.1) is 0 Å². The normalized spacial score (nSPS) is 18.4. The zero-order valence-corrected chi connectivity index (χ0v) is 18.6. The minimum Gasteiger partial charge on any atom is -0.290 e. The zero-order chi connectivity index (χ0) is 20.6. The molecule has 1 saturated heterocycles. The summed E-state index contributed by atoms with van der Waals surface area (Å²) in [5.41, 5.74) is 2.88. The molecule has 0 bridgehead atoms. The molecule has 1 aromatic carbocycles. The Balaban J connectivity index is 1.59. The van der Waals surface area contributed by atoms with E-state index in [0.717, 1.165) is 42.8 Å². The fourth-order valence-electron chi connectivity index (χ4n) is 4.04. The van der Waals surface area contributed by atoms with E-state index < -0.39 is 0 Å². The predicted molar refractivity (Wildman–Crippen MR) is 120 cm³/mol. The number of aryl methyl sites for hydroxylation is 1. The third kappa shape index (κ3) is 4.43. The Hall–Kier alpha value is -2.05. The monoisotopic (exact) mass is 410 g/mol. The summed E-state index contributed by atoms with van der Waals surface area (Å²) in [5.74, 6) is 0.394. The van der Waals surface area contributed by atoms with Gasteiger partial charge in [-0.25, -0.2) is 14.1 Å². The lowest BCUT2D eigenvalue weighted by Gasteiger charge is -2.31. The third-order valence-corrected chi connectivity index (χ3v) is 6.49. The fraction of sp³-hybridized carbons (Fsp3) is 0.478. The quantitative estimate of drug-likeness (QED) is 0.587. The van der Waals surface area contributed by atoms with Crippen molar-refractivity contribution in [1.29, 1.82) is 0 Å². The Morgan fingerprint density at radius 3 is 2.62 bits per heavy atom. The fourth-order valence-corrected chi connectivity index (χ4v) is 5.09. The van der Waals surface area contributed by atoms with E-state index in [4.69, 9.17) is 4.98 Å². The molecule has 0 amide bonds. The predicted octanol–water partition coefficient (Wildman–Crippen LogP) is 4.67. The van der Waals surface area contributed by atoms with Crippen molar-refractivity contribution in [2.75, 3.05) is 13.1 Å². The van der Waals surface area contributed by atoms with E-state index in [1.54, 1.807) is 4.57 Å². The van der Waals surface area contributed by atoms with Crippen molar-refractivity contribution in [3.05, 3.63) is 58.6 Å². The Morgan fingerprint density at radius 2 is 1.90 bits per heavy atom. The number of pyridine rings is 1. The first-order valence-corrected chi connectivity index (χ1v) is 11.1. The van der Waals surface area contributed by atoms with E-state index >= 15 is 0 Å². The largest absolute Gasteiger partial charge is 0.330 e. The van der Waals surface area contributed by atoms with Crippen LogP contribution in [0.5, 0.6) is 0 Å². The van der Waals surface area contributed by atoms with Crippen molar-refractivity contribution < 1.29 is 0 Å². The molecular formula is C23H30N4OS. The molecule has 0 aliphatic carbocycles. The van der Waals surface area contributed by atoms with Crippen LogP contribution >= 0.6 is 11.9 Å². The lowest BCUT2D eigenvalue weighted by Crippen LogP contribution is -2.29. The minimum atomic E-state index is 0.0180. The number of hydrogen-bond donors (Lipinski definition) is 0. The molecule has 5 nitrogen and oxygen atoms in total. The number of fused-ring (bicyclic) bond motifs is 1. The van der Waals surface area contributed by atoms with Crippen LogP contribution in [0.3, 0.4) is 0 Å². The highest BCUT2D eigenvalue weighted by atomic mass is 32.2. The maximum absolute atomic E-state index is 12.8. The molecule has 0 spiro atoms. The van der Waals surface area contributed by atoms with Crippen LogP contribution < -0.4 is 5.69 Å². The van der Waals surface area contributed by atoms with Crippen molar-refractivity contribution in [1.82, 2.24) is 18.4 Å². The summed E-state index contributed by atoms with van der Waals surface area (Å²) in [4.78, 5) is 19.0. The van der Waals surface area contributed by atoms with Gasteiger partial charge in [-0.05, 0) is 54.5 Å². The van der Waals surface area contributed by atoms with Gasteiger partial charge in [0.2, 0.25) is 0 Å². The SMILES string of the molecule is Cn1c(=O)n(CC(C)(C)C)c2ccc(C3CCCN(Sc4ccccc4)C3)nc21. The van der Waals surface area contributed by atoms with Crippen LogP contribution in [0.2, 0.25) is 0 Å². The van der Waals surface area contributed by atoms with Crippen LogP contribution in [0.1, 0.15) is 45.2 Å². The molecule has 1 unspecified atom stereocenters. The molecule has 4 rings (SSSR count). The van der Waals surface area contributed by atoms with Gasteiger partial charge >= 0.3 is 5.69 Å². The molecule has 154 valence electrons. The molecule has 1 fully saturated rings. The molecule has 1 atom stereocenters. The number of nitrogens with zero attached hydrogens (tertiary/aromatic N) is 4. The summed E-state index contributed by atoms with van der Waals surface area (Å²) < 4.78 is 6.01. The van der Waals surface area contributed by atoms with Crippen molar-refractivity contribution in [3.8, 4) is 0 Å². The van der Waals surface area contributed by atoms with E-state index in [1.807, 2.05) is 23.6 Å². The highest BCUT2D eigenvalue weighted by Crippen LogP contribution is 2.33. The van der Waals surface area contributed by atoms with Crippen molar-refractivity contribution in [2.45, 2.75) is 51.0 Å². The van der Waals surface area contributed by atoms with Gasteiger partial charge in [0.15, 0.2) is 5.65 Å². The summed E-state index contributed by atoms with van der Waals surface area (Å²) in [6, 6.07) is 14.8. The van der Waals surface area contributed by atoms with Gasteiger partial charge in [0, 0.05) is 43.2 Å². The number of aromatic nitrogens is 3. The van der Waals surface area contributed by atoms with Crippen LogP contribution in [-0.2, 0) is 13.6 Å². The standard InChI is InChI=1S/C23H30N4OS/c1-23(2,3)16-27-20-13-12-19(24-21(20)25(4)22(27)28)17-9-8-14-26(15-17)29-18-10-6-5-7-11-18/h5-7,10-13,17H,8-9,14-16H2,1-4H3. The van der Waals surface area contributed by atoms with Gasteiger partial charge in [-0.1, -0.05) is 39.0 Å². The minimum absolute atomic E-state index is 0.0180. The summed E-state index contributed by atoms with van der Waals surface area (Å²) in [6.45, 7) is 9.23. The molecule has 1 aliphatic heterocycles. The van der Waals surface area contributed by atoms with Crippen molar-refractivity contribution in [3.63, 3.8) is 0 Å². The van der Waals surface area contributed by atoms with E-state index in [9.17, 15) is 4.79 Å². The molecule has 3 heterocycles. The van der Waals surface area contributed by atoms with Crippen LogP contribution in [0.25, 0.3) is 11.2 Å². The van der Waals surface area contributed by atoms with Gasteiger partial charge in [-0.2, -0.15) is 0 Å². The van der Waals surface area contributed by atoms with Crippen LogP contribution in [-0.4, -0.2) is 31.5 Å². The smallest absolute Gasteiger partial charge is 0.290 e. The Labute approximate surface area is 176 Å². The summed E-state index contributed by atoms with van der Waals surface area (Å²) in [7, 11) is 1.83. The number of hydrogen-bond acceptors (Lipinski definition) is 4. The molecule has 29 heavy (non-hydrogen) atoms. The average Bonchev–Trinajstić information content (AvgIpc) is 2.92. The highest BCUT2D eigenvalue weighted by molar-refractivity contribution is 7.97. The first-order chi connectivity index (χ1) is 13.8. The van der Waals surface area contributed by atoms with Crippen molar-refractivity contribution in [2.24, 2.45) is 12.5 Å². The number of benzene rings is 1. The second kappa shape index (κ2) is 8.00. The topological polar surface area (TPSA) is 43.1 Å². The first kappa shape index (κ1) is 20.2. The molecule has 3 aromatic rings. The van der Waals surface area contributed by atoms with Crippen molar-refractivity contribution >= 4 is 23.1 Å². The third-order valence-electron chi connectivity index (χ3n) is 5.41. The first-order valence-electron chi connectivity index (χ1n) is 10.4. The van der Waals surface area contributed by atoms with Crippen LogP contribution in [0.4, 0.5) is 0 Å². The van der Waals surface area contributed by atoms with Gasteiger partial charge < -0.3 is 0 Å². The number of imidazole rings is 1. The summed E-state index contributed by atoms with van der Waals surface area (Å²) in [6.07, 6.45) is 2.30. The number of rotatable bonds is 4. The average molecular weight is 411 g/mol. The summed E-state index contributed by atoms with van der Waals surface area (Å²) >= 11 is 1.83. The van der Waals surface area contributed by atoms with Gasteiger partial charge in [0.1, 0.15) is 0 Å². The Bertz CT molecular complexity index is 1050.